The van der Waals surface area contributed by atoms with Crippen LogP contribution < -0.4 is 4.31 Å². The second kappa shape index (κ2) is 8.03. The third-order valence-electron chi connectivity index (χ3n) is 5.75. The number of likely N-dealkylation sites (tertiary alicyclic amines) is 1. The molecule has 0 bridgehead atoms. The van der Waals surface area contributed by atoms with Gasteiger partial charge in [-0.1, -0.05) is 18.2 Å². The van der Waals surface area contributed by atoms with E-state index in [9.17, 15) is 13.2 Å². The molecule has 0 aliphatic carbocycles. The highest BCUT2D eigenvalue weighted by molar-refractivity contribution is 7.98. The zero-order valence-electron chi connectivity index (χ0n) is 16.8. The molecule has 29 heavy (non-hydrogen) atoms. The molecule has 1 fully saturated rings. The Hall–Kier alpha value is -1.99. The van der Waals surface area contributed by atoms with Crippen LogP contribution in [0.5, 0.6) is 0 Å². The Morgan fingerprint density at radius 3 is 2.52 bits per heavy atom. The quantitative estimate of drug-likeness (QED) is 0.683. The van der Waals surface area contributed by atoms with Gasteiger partial charge in [-0.15, -0.1) is 11.8 Å². The number of benzene rings is 2. The molecule has 0 radical (unpaired) electrons. The third-order valence-corrected chi connectivity index (χ3v) is 8.47. The first-order valence-corrected chi connectivity index (χ1v) is 12.7. The van der Waals surface area contributed by atoms with Crippen LogP contribution in [0.25, 0.3) is 0 Å². The maximum absolute atomic E-state index is 13.6. The van der Waals surface area contributed by atoms with E-state index in [1.807, 2.05) is 42.3 Å². The molecule has 154 valence electrons. The Morgan fingerprint density at radius 1 is 1.07 bits per heavy atom. The van der Waals surface area contributed by atoms with Crippen LogP contribution in [0, 0.1) is 0 Å². The molecule has 2 aromatic rings. The van der Waals surface area contributed by atoms with E-state index < -0.39 is 10.0 Å². The molecule has 2 aliphatic heterocycles. The molecule has 1 atom stereocenters. The summed E-state index contributed by atoms with van der Waals surface area (Å²) in [6.07, 6.45) is 5.74. The van der Waals surface area contributed by atoms with Crippen molar-refractivity contribution in [2.24, 2.45) is 0 Å². The molecule has 2 aromatic carbocycles. The highest BCUT2D eigenvalue weighted by atomic mass is 32.2. The second-order valence-electron chi connectivity index (χ2n) is 7.70. The smallest absolute Gasteiger partial charge is 0.264 e. The fraction of sp³-hybridized carbons (Fsp3) is 0.409. The topological polar surface area (TPSA) is 57.7 Å². The number of para-hydroxylation sites is 1. The van der Waals surface area contributed by atoms with E-state index >= 15 is 0 Å². The number of thioether (sulfide) groups is 1. The molecule has 4 rings (SSSR count). The van der Waals surface area contributed by atoms with E-state index in [0.29, 0.717) is 12.0 Å². The van der Waals surface area contributed by atoms with E-state index in [2.05, 4.69) is 0 Å². The first-order valence-electron chi connectivity index (χ1n) is 10.0. The van der Waals surface area contributed by atoms with Crippen LogP contribution in [-0.4, -0.2) is 44.6 Å². The average Bonchev–Trinajstić information content (AvgIpc) is 3.09. The number of sulfonamides is 1. The Balaban J connectivity index is 1.74. The van der Waals surface area contributed by atoms with Gasteiger partial charge >= 0.3 is 0 Å². The van der Waals surface area contributed by atoms with Crippen molar-refractivity contribution < 1.29 is 13.2 Å². The van der Waals surface area contributed by atoms with Crippen molar-refractivity contribution in [2.45, 2.75) is 48.4 Å². The summed E-state index contributed by atoms with van der Waals surface area (Å²) in [5.74, 6) is -0.0685. The number of nitrogens with zero attached hydrogens (tertiary/aromatic N) is 2. The fourth-order valence-corrected chi connectivity index (χ4v) is 6.59. The minimum absolute atomic E-state index is 0.0685. The van der Waals surface area contributed by atoms with Gasteiger partial charge < -0.3 is 4.90 Å². The Bertz CT molecular complexity index is 1030. The van der Waals surface area contributed by atoms with Gasteiger partial charge in [-0.2, -0.15) is 0 Å². The molecule has 1 amide bonds. The molecule has 7 heteroatoms. The number of carbonyl (C=O) groups is 1. The lowest BCUT2D eigenvalue weighted by Gasteiger charge is -2.28. The number of rotatable bonds is 4. The summed E-state index contributed by atoms with van der Waals surface area (Å²) in [5.41, 5.74) is 2.26. The van der Waals surface area contributed by atoms with Gasteiger partial charge in [0, 0.05) is 24.0 Å². The molecule has 0 spiro atoms. The highest BCUT2D eigenvalue weighted by Crippen LogP contribution is 2.37. The lowest BCUT2D eigenvalue weighted by atomic mass is 10.1. The Kier molecular flexibility index (Phi) is 5.62. The van der Waals surface area contributed by atoms with E-state index in [0.717, 1.165) is 48.5 Å². The van der Waals surface area contributed by atoms with Crippen LogP contribution in [-0.2, 0) is 16.4 Å². The second-order valence-corrected chi connectivity index (χ2v) is 10.4. The summed E-state index contributed by atoms with van der Waals surface area (Å²) in [6.45, 7) is 3.40. The predicted octanol–water partition coefficient (Wildman–Crippen LogP) is 4.17. The summed E-state index contributed by atoms with van der Waals surface area (Å²) in [4.78, 5) is 16.0. The summed E-state index contributed by atoms with van der Waals surface area (Å²) in [5, 5.41) is 0. The molecule has 0 saturated carbocycles. The monoisotopic (exact) mass is 430 g/mol. The number of carbonyl (C=O) groups excluding carboxylic acids is 1. The van der Waals surface area contributed by atoms with E-state index in [1.54, 1.807) is 18.2 Å². The molecule has 2 heterocycles. The third kappa shape index (κ3) is 3.66. The van der Waals surface area contributed by atoms with E-state index in [-0.39, 0.29) is 16.8 Å². The zero-order chi connectivity index (χ0) is 20.6. The summed E-state index contributed by atoms with van der Waals surface area (Å²) >= 11 is 1.47. The first kappa shape index (κ1) is 20.3. The first-order chi connectivity index (χ1) is 13.9. The molecule has 0 N–H and O–H groups in total. The van der Waals surface area contributed by atoms with Crippen LogP contribution >= 0.6 is 11.8 Å². The van der Waals surface area contributed by atoms with Crippen molar-refractivity contribution in [2.75, 3.05) is 23.7 Å². The lowest BCUT2D eigenvalue weighted by Crippen LogP contribution is -2.37. The van der Waals surface area contributed by atoms with Gasteiger partial charge in [-0.3, -0.25) is 9.10 Å². The Morgan fingerprint density at radius 2 is 1.79 bits per heavy atom. The molecule has 5 nitrogen and oxygen atoms in total. The normalized spacial score (nSPS) is 19.3. The van der Waals surface area contributed by atoms with Crippen molar-refractivity contribution in [1.29, 1.82) is 0 Å². The number of hydrogen-bond donors (Lipinski definition) is 0. The fourth-order valence-electron chi connectivity index (χ4n) is 4.30. The van der Waals surface area contributed by atoms with Gasteiger partial charge in [0.25, 0.3) is 15.9 Å². The number of hydrogen-bond acceptors (Lipinski definition) is 4. The van der Waals surface area contributed by atoms with Crippen molar-refractivity contribution in [1.82, 2.24) is 4.90 Å². The van der Waals surface area contributed by atoms with Crippen molar-refractivity contribution >= 4 is 33.4 Å². The van der Waals surface area contributed by atoms with E-state index in [4.69, 9.17) is 0 Å². The molecule has 2 aliphatic rings. The predicted molar refractivity (Wildman–Crippen MR) is 117 cm³/mol. The van der Waals surface area contributed by atoms with Gasteiger partial charge in [0.05, 0.1) is 16.1 Å². The van der Waals surface area contributed by atoms with Crippen molar-refractivity contribution in [3.63, 3.8) is 0 Å². The van der Waals surface area contributed by atoms with Crippen molar-refractivity contribution in [3.8, 4) is 0 Å². The largest absolute Gasteiger partial charge is 0.339 e. The summed E-state index contributed by atoms with van der Waals surface area (Å²) in [7, 11) is -3.76. The molecule has 0 aromatic heterocycles. The van der Waals surface area contributed by atoms with Crippen LogP contribution in [0.4, 0.5) is 5.69 Å². The van der Waals surface area contributed by atoms with Crippen LogP contribution in [0.15, 0.2) is 52.3 Å². The minimum Gasteiger partial charge on any atom is -0.339 e. The number of fused-ring (bicyclic) bond motifs is 1. The molecule has 1 saturated heterocycles. The van der Waals surface area contributed by atoms with Gasteiger partial charge in [0.1, 0.15) is 0 Å². The molecule has 0 unspecified atom stereocenters. The summed E-state index contributed by atoms with van der Waals surface area (Å²) < 4.78 is 28.6. The van der Waals surface area contributed by atoms with Gasteiger partial charge in [-0.05, 0) is 68.7 Å². The number of piperidine rings is 1. The zero-order valence-corrected chi connectivity index (χ0v) is 18.4. The SMILES string of the molecule is CSc1ccc(S(=O)(=O)N2c3ccccc3C[C@H]2C)cc1C(=O)N1CCCCC1. The van der Waals surface area contributed by atoms with Crippen molar-refractivity contribution in [3.05, 3.63) is 53.6 Å². The average molecular weight is 431 g/mol. The van der Waals surface area contributed by atoms with Gasteiger partial charge in [-0.25, -0.2) is 8.42 Å². The minimum atomic E-state index is -3.76. The van der Waals surface area contributed by atoms with Crippen LogP contribution in [0.2, 0.25) is 0 Å². The highest BCUT2D eigenvalue weighted by Gasteiger charge is 2.36. The lowest BCUT2D eigenvalue weighted by molar-refractivity contribution is 0.0720. The standard InChI is InChI=1S/C22H26N2O3S2/c1-16-14-17-8-4-5-9-20(17)24(16)29(26,27)18-10-11-21(28-2)19(15-18)22(25)23-12-6-3-7-13-23/h4-5,8-11,15-16H,3,6-7,12-14H2,1-2H3/t16-/m1/s1. The number of anilines is 1. The Labute approximate surface area is 177 Å². The van der Waals surface area contributed by atoms with Gasteiger partial charge in [0.2, 0.25) is 0 Å². The maximum Gasteiger partial charge on any atom is 0.264 e. The van der Waals surface area contributed by atoms with Gasteiger partial charge in [0.15, 0.2) is 0 Å². The van der Waals surface area contributed by atoms with E-state index in [1.165, 1.54) is 16.1 Å². The van der Waals surface area contributed by atoms with Crippen LogP contribution in [0.3, 0.4) is 0 Å². The summed E-state index contributed by atoms with van der Waals surface area (Å²) in [6, 6.07) is 12.4. The number of amides is 1. The van der Waals surface area contributed by atoms with Crippen LogP contribution in [0.1, 0.15) is 42.1 Å². The molecular weight excluding hydrogens is 404 g/mol. The maximum atomic E-state index is 13.6. The molecular formula is C22H26N2O3S2.